The number of nitro groups is 1. The van der Waals surface area contributed by atoms with Gasteiger partial charge >= 0.3 is 0 Å². The molecule has 0 saturated heterocycles. The van der Waals surface area contributed by atoms with Gasteiger partial charge in [-0.15, -0.1) is 11.3 Å². The van der Waals surface area contributed by atoms with E-state index in [2.05, 4.69) is 36.9 Å². The highest BCUT2D eigenvalue weighted by molar-refractivity contribution is 9.11. The second kappa shape index (κ2) is 8.93. The first-order chi connectivity index (χ1) is 13.4. The fourth-order valence-electron chi connectivity index (χ4n) is 2.58. The molecule has 144 valence electrons. The molecule has 0 aliphatic rings. The summed E-state index contributed by atoms with van der Waals surface area (Å²) in [5, 5.41) is 17.7. The number of aromatic nitrogens is 1. The zero-order chi connectivity index (χ0) is 20.3. The van der Waals surface area contributed by atoms with Gasteiger partial charge in [-0.2, -0.15) is 5.10 Å². The van der Waals surface area contributed by atoms with E-state index < -0.39 is 4.92 Å². The Kier molecular flexibility index (Phi) is 6.58. The average molecular weight is 524 g/mol. The van der Waals surface area contributed by atoms with Crippen molar-refractivity contribution in [1.29, 1.82) is 0 Å². The molecule has 0 N–H and O–H groups in total. The van der Waals surface area contributed by atoms with E-state index in [-0.39, 0.29) is 5.69 Å². The zero-order valence-corrected chi connectivity index (χ0v) is 19.1. The Labute approximate surface area is 182 Å². The van der Waals surface area contributed by atoms with Crippen molar-refractivity contribution in [3.05, 3.63) is 77.3 Å². The lowest BCUT2D eigenvalue weighted by Crippen LogP contribution is -2.14. The number of benzene rings is 2. The molecule has 1 aromatic heterocycles. The van der Waals surface area contributed by atoms with Crippen molar-refractivity contribution in [3.63, 3.8) is 0 Å². The number of thiazole rings is 1. The van der Waals surface area contributed by atoms with Crippen LogP contribution in [0.4, 0.5) is 5.69 Å². The first-order valence-electron chi connectivity index (χ1n) is 8.37. The second-order valence-corrected chi connectivity index (χ2v) is 8.41. The summed E-state index contributed by atoms with van der Waals surface area (Å²) in [6.07, 6.45) is 0. The Morgan fingerprint density at radius 3 is 2.54 bits per heavy atom. The van der Waals surface area contributed by atoms with Gasteiger partial charge in [-0.05, 0) is 38.1 Å². The quantitative estimate of drug-likeness (QED) is 0.239. The zero-order valence-electron chi connectivity index (χ0n) is 15.1. The Morgan fingerprint density at radius 2 is 1.93 bits per heavy atom. The van der Waals surface area contributed by atoms with E-state index in [0.717, 1.165) is 36.3 Å². The van der Waals surface area contributed by atoms with Crippen LogP contribution in [0.5, 0.6) is 0 Å². The summed E-state index contributed by atoms with van der Waals surface area (Å²) in [6.45, 7) is 4.54. The van der Waals surface area contributed by atoms with Crippen LogP contribution in [0, 0.1) is 10.1 Å². The number of nitrogens with zero attached hydrogens (tertiary/aromatic N) is 4. The highest BCUT2D eigenvalue weighted by Gasteiger charge is 2.12. The van der Waals surface area contributed by atoms with E-state index in [1.54, 1.807) is 16.8 Å². The van der Waals surface area contributed by atoms with Gasteiger partial charge in [0, 0.05) is 44.1 Å². The van der Waals surface area contributed by atoms with Crippen molar-refractivity contribution in [2.75, 3.05) is 6.54 Å². The van der Waals surface area contributed by atoms with E-state index in [4.69, 9.17) is 5.10 Å². The molecule has 9 heteroatoms. The van der Waals surface area contributed by atoms with Gasteiger partial charge in [-0.25, -0.2) is 4.68 Å². The van der Waals surface area contributed by atoms with Gasteiger partial charge in [0.25, 0.3) is 5.69 Å². The summed E-state index contributed by atoms with van der Waals surface area (Å²) in [5.41, 5.74) is 3.52. The highest BCUT2D eigenvalue weighted by atomic mass is 79.9. The van der Waals surface area contributed by atoms with Gasteiger partial charge in [0.05, 0.1) is 16.3 Å². The van der Waals surface area contributed by atoms with Crippen molar-refractivity contribution in [2.24, 2.45) is 10.1 Å². The molecule has 0 bridgehead atoms. The van der Waals surface area contributed by atoms with Crippen LogP contribution in [0.1, 0.15) is 19.4 Å². The van der Waals surface area contributed by atoms with Crippen molar-refractivity contribution < 1.29 is 4.92 Å². The van der Waals surface area contributed by atoms with Crippen LogP contribution in [0.3, 0.4) is 0 Å². The number of nitro benzene ring substituents is 1. The molecule has 2 aromatic carbocycles. The monoisotopic (exact) mass is 522 g/mol. The number of hydrogen-bond donors (Lipinski definition) is 0. The minimum Gasteiger partial charge on any atom is -0.258 e. The average Bonchev–Trinajstić information content (AvgIpc) is 3.04. The SMILES string of the molecule is CCN=c1scc(-c2ccc([N+](=O)[O-])cc2)n1N=C(C)c1ccc(Br)cc1Br. The number of non-ortho nitro benzene ring substituents is 1. The molecule has 0 fully saturated rings. The molecule has 28 heavy (non-hydrogen) atoms. The highest BCUT2D eigenvalue weighted by Crippen LogP contribution is 2.25. The normalized spacial score (nSPS) is 12.4. The largest absolute Gasteiger partial charge is 0.269 e. The van der Waals surface area contributed by atoms with Crippen LogP contribution in [0.25, 0.3) is 11.3 Å². The van der Waals surface area contributed by atoms with Crippen molar-refractivity contribution in [1.82, 2.24) is 4.68 Å². The first-order valence-corrected chi connectivity index (χ1v) is 10.8. The minimum absolute atomic E-state index is 0.0578. The minimum atomic E-state index is -0.406. The van der Waals surface area contributed by atoms with E-state index in [1.165, 1.54) is 23.5 Å². The fraction of sp³-hybridized carbons (Fsp3) is 0.158. The molecular formula is C19H16Br2N4O2S. The van der Waals surface area contributed by atoms with Crippen LogP contribution in [0.2, 0.25) is 0 Å². The summed E-state index contributed by atoms with van der Waals surface area (Å²) in [5.74, 6) is 0. The third-order valence-corrected chi connectivity index (χ3v) is 5.93. The molecular weight excluding hydrogens is 508 g/mol. The number of halogens is 2. The Balaban J connectivity index is 2.12. The van der Waals surface area contributed by atoms with Gasteiger partial charge in [-0.3, -0.25) is 15.1 Å². The maximum absolute atomic E-state index is 10.9. The van der Waals surface area contributed by atoms with Crippen molar-refractivity contribution in [2.45, 2.75) is 13.8 Å². The van der Waals surface area contributed by atoms with Crippen LogP contribution < -0.4 is 4.80 Å². The Bertz CT molecular complexity index is 1120. The Hall–Kier alpha value is -2.10. The molecule has 3 rings (SSSR count). The van der Waals surface area contributed by atoms with Gasteiger partial charge < -0.3 is 0 Å². The smallest absolute Gasteiger partial charge is 0.258 e. The summed E-state index contributed by atoms with van der Waals surface area (Å²) in [7, 11) is 0. The molecule has 0 atom stereocenters. The van der Waals surface area contributed by atoms with Gasteiger partial charge in [-0.1, -0.05) is 37.9 Å². The molecule has 3 aromatic rings. The first kappa shape index (κ1) is 20.6. The summed E-state index contributed by atoms with van der Waals surface area (Å²) >= 11 is 8.53. The lowest BCUT2D eigenvalue weighted by atomic mass is 10.1. The van der Waals surface area contributed by atoms with E-state index in [9.17, 15) is 10.1 Å². The van der Waals surface area contributed by atoms with Crippen molar-refractivity contribution in [3.8, 4) is 11.3 Å². The fourth-order valence-corrected chi connectivity index (χ4v) is 4.81. The van der Waals surface area contributed by atoms with E-state index in [0.29, 0.717) is 6.54 Å². The predicted octanol–water partition coefficient (Wildman–Crippen LogP) is 5.84. The topological polar surface area (TPSA) is 72.8 Å². The molecule has 1 heterocycles. The van der Waals surface area contributed by atoms with Gasteiger partial charge in [0.15, 0.2) is 0 Å². The maximum atomic E-state index is 10.9. The molecule has 0 aliphatic heterocycles. The van der Waals surface area contributed by atoms with E-state index >= 15 is 0 Å². The standard InChI is InChI=1S/C19H16Br2N4O2S/c1-3-22-19-24(23-12(2)16-9-6-14(20)10-17(16)21)18(11-28-19)13-4-7-15(8-5-13)25(26)27/h4-11H,3H2,1-2H3. The number of hydrogen-bond acceptors (Lipinski definition) is 5. The maximum Gasteiger partial charge on any atom is 0.269 e. The molecule has 0 aliphatic carbocycles. The van der Waals surface area contributed by atoms with Crippen molar-refractivity contribution >= 4 is 54.6 Å². The molecule has 0 spiro atoms. The summed E-state index contributed by atoms with van der Waals surface area (Å²) < 4.78 is 3.70. The lowest BCUT2D eigenvalue weighted by Gasteiger charge is -2.08. The molecule has 0 unspecified atom stereocenters. The second-order valence-electron chi connectivity index (χ2n) is 5.80. The molecule has 6 nitrogen and oxygen atoms in total. The number of rotatable bonds is 5. The molecule has 0 amide bonds. The molecule has 0 radical (unpaired) electrons. The van der Waals surface area contributed by atoms with E-state index in [1.807, 2.05) is 37.4 Å². The third-order valence-electron chi connectivity index (χ3n) is 3.92. The lowest BCUT2D eigenvalue weighted by molar-refractivity contribution is -0.384. The van der Waals surface area contributed by atoms with Crippen LogP contribution in [0.15, 0.2) is 66.9 Å². The molecule has 0 saturated carbocycles. The Morgan fingerprint density at radius 1 is 1.21 bits per heavy atom. The summed E-state index contributed by atoms with van der Waals surface area (Å²) in [6, 6.07) is 12.4. The van der Waals surface area contributed by atoms with Crippen LogP contribution in [-0.4, -0.2) is 21.9 Å². The summed E-state index contributed by atoms with van der Waals surface area (Å²) in [4.78, 5) is 15.8. The van der Waals surface area contributed by atoms with Crippen LogP contribution >= 0.6 is 43.2 Å². The van der Waals surface area contributed by atoms with Gasteiger partial charge in [0.2, 0.25) is 4.80 Å². The van der Waals surface area contributed by atoms with Crippen LogP contribution in [-0.2, 0) is 0 Å². The predicted molar refractivity (Wildman–Crippen MR) is 120 cm³/mol. The third kappa shape index (κ3) is 4.48. The van der Waals surface area contributed by atoms with Gasteiger partial charge in [0.1, 0.15) is 0 Å².